The Labute approximate surface area is 134 Å². The van der Waals surface area contributed by atoms with Crippen molar-refractivity contribution in [3.05, 3.63) is 59.4 Å². The van der Waals surface area contributed by atoms with E-state index in [4.69, 9.17) is 4.74 Å². The molecule has 2 amide bonds. The number of aromatic nitrogens is 1. The Kier molecular flexibility index (Phi) is 5.68. The van der Waals surface area contributed by atoms with Gasteiger partial charge < -0.3 is 15.4 Å². The predicted molar refractivity (Wildman–Crippen MR) is 87.2 cm³/mol. The first-order chi connectivity index (χ1) is 11.1. The second-order valence-corrected chi connectivity index (χ2v) is 4.88. The first kappa shape index (κ1) is 16.5. The highest BCUT2D eigenvalue weighted by atomic mass is 16.5. The van der Waals surface area contributed by atoms with Gasteiger partial charge in [0.15, 0.2) is 0 Å². The number of hydrogen-bond acceptors (Lipinski definition) is 4. The lowest BCUT2D eigenvalue weighted by Crippen LogP contribution is -2.24. The Morgan fingerprint density at radius 3 is 2.74 bits per heavy atom. The van der Waals surface area contributed by atoms with E-state index in [-0.39, 0.29) is 12.5 Å². The van der Waals surface area contributed by atoms with Gasteiger partial charge >= 0.3 is 6.09 Å². The minimum Gasteiger partial charge on any atom is -0.450 e. The van der Waals surface area contributed by atoms with Gasteiger partial charge in [0.1, 0.15) is 0 Å². The number of pyridine rings is 1. The molecule has 1 aromatic carbocycles. The standard InChI is InChI=1S/C17H19N3O3/c1-3-23-17(22)19-11-14-10-13(8-9-18-14)16(21)20-15-7-5-4-6-12(15)2/h4-10H,3,11H2,1-2H3,(H,19,22)(H,20,21). The quantitative estimate of drug-likeness (QED) is 0.889. The molecule has 0 unspecified atom stereocenters. The van der Waals surface area contributed by atoms with Gasteiger partial charge in [0, 0.05) is 17.4 Å². The van der Waals surface area contributed by atoms with E-state index in [2.05, 4.69) is 15.6 Å². The molecule has 0 aliphatic heterocycles. The molecule has 23 heavy (non-hydrogen) atoms. The van der Waals surface area contributed by atoms with Gasteiger partial charge in [-0.15, -0.1) is 0 Å². The summed E-state index contributed by atoms with van der Waals surface area (Å²) in [5.41, 5.74) is 2.80. The molecule has 2 N–H and O–H groups in total. The monoisotopic (exact) mass is 313 g/mol. The van der Waals surface area contributed by atoms with E-state index in [0.717, 1.165) is 11.3 Å². The van der Waals surface area contributed by atoms with E-state index in [9.17, 15) is 9.59 Å². The first-order valence-electron chi connectivity index (χ1n) is 7.32. The van der Waals surface area contributed by atoms with Crippen LogP contribution in [0.4, 0.5) is 10.5 Å². The van der Waals surface area contributed by atoms with E-state index >= 15 is 0 Å². The highest BCUT2D eigenvalue weighted by Crippen LogP contribution is 2.14. The molecule has 1 heterocycles. The zero-order valence-corrected chi connectivity index (χ0v) is 13.1. The Balaban J connectivity index is 2.02. The highest BCUT2D eigenvalue weighted by Gasteiger charge is 2.09. The van der Waals surface area contributed by atoms with Crippen LogP contribution >= 0.6 is 0 Å². The number of nitrogens with one attached hydrogen (secondary N) is 2. The Hall–Kier alpha value is -2.89. The summed E-state index contributed by atoms with van der Waals surface area (Å²) in [4.78, 5) is 27.7. The van der Waals surface area contributed by atoms with Crippen molar-refractivity contribution in [2.24, 2.45) is 0 Å². The normalized spacial score (nSPS) is 10.0. The fraction of sp³-hybridized carbons (Fsp3) is 0.235. The molecule has 0 aliphatic rings. The van der Waals surface area contributed by atoms with Crippen molar-refractivity contribution in [2.45, 2.75) is 20.4 Å². The Morgan fingerprint density at radius 2 is 2.00 bits per heavy atom. The van der Waals surface area contributed by atoms with Crippen LogP contribution in [0.15, 0.2) is 42.6 Å². The molecule has 0 spiro atoms. The average Bonchev–Trinajstić information content (AvgIpc) is 2.55. The number of hydrogen-bond donors (Lipinski definition) is 2. The fourth-order valence-corrected chi connectivity index (χ4v) is 1.97. The van der Waals surface area contributed by atoms with Gasteiger partial charge in [-0.25, -0.2) is 4.79 Å². The molecule has 0 atom stereocenters. The number of benzene rings is 1. The molecule has 1 aromatic heterocycles. The molecule has 6 nitrogen and oxygen atoms in total. The van der Waals surface area contributed by atoms with E-state index in [1.54, 1.807) is 19.1 Å². The second-order valence-electron chi connectivity index (χ2n) is 4.88. The van der Waals surface area contributed by atoms with E-state index in [1.807, 2.05) is 31.2 Å². The van der Waals surface area contributed by atoms with Crippen molar-refractivity contribution in [3.63, 3.8) is 0 Å². The van der Waals surface area contributed by atoms with Gasteiger partial charge in [-0.2, -0.15) is 0 Å². The molecule has 0 fully saturated rings. The second kappa shape index (κ2) is 7.93. The molecular weight excluding hydrogens is 294 g/mol. The minimum absolute atomic E-state index is 0.199. The van der Waals surface area contributed by atoms with Gasteiger partial charge in [0.05, 0.1) is 18.8 Å². The zero-order chi connectivity index (χ0) is 16.7. The molecule has 6 heteroatoms. The van der Waals surface area contributed by atoms with Crippen LogP contribution in [0.3, 0.4) is 0 Å². The van der Waals surface area contributed by atoms with Crippen LogP contribution < -0.4 is 10.6 Å². The maximum Gasteiger partial charge on any atom is 0.407 e. The summed E-state index contributed by atoms with van der Waals surface area (Å²) < 4.78 is 4.78. The molecule has 0 saturated carbocycles. The van der Waals surface area contributed by atoms with Gasteiger partial charge in [-0.1, -0.05) is 18.2 Å². The molecule has 2 aromatic rings. The molecule has 0 aliphatic carbocycles. The van der Waals surface area contributed by atoms with Crippen LogP contribution in [0, 0.1) is 6.92 Å². The number of carbonyl (C=O) groups is 2. The number of ether oxygens (including phenoxy) is 1. The van der Waals surface area contributed by atoms with Crippen LogP contribution in [-0.2, 0) is 11.3 Å². The lowest BCUT2D eigenvalue weighted by molar-refractivity contribution is 0.102. The molecule has 120 valence electrons. The number of nitrogens with zero attached hydrogens (tertiary/aromatic N) is 1. The molecular formula is C17H19N3O3. The predicted octanol–water partition coefficient (Wildman–Crippen LogP) is 2.89. The van der Waals surface area contributed by atoms with Crippen LogP contribution in [0.5, 0.6) is 0 Å². The Bertz CT molecular complexity index is 701. The lowest BCUT2D eigenvalue weighted by atomic mass is 10.1. The molecule has 0 saturated heterocycles. The maximum absolute atomic E-state index is 12.3. The van der Waals surface area contributed by atoms with Gasteiger partial charge in [-0.3, -0.25) is 9.78 Å². The van der Waals surface area contributed by atoms with Crippen molar-refractivity contribution >= 4 is 17.7 Å². The number of amides is 2. The fourth-order valence-electron chi connectivity index (χ4n) is 1.97. The number of rotatable bonds is 5. The van der Waals surface area contributed by atoms with Crippen molar-refractivity contribution in [1.29, 1.82) is 0 Å². The summed E-state index contributed by atoms with van der Waals surface area (Å²) in [6, 6.07) is 10.8. The van der Waals surface area contributed by atoms with Crippen LogP contribution in [0.25, 0.3) is 0 Å². The third-order valence-electron chi connectivity index (χ3n) is 3.16. The molecule has 2 rings (SSSR count). The largest absolute Gasteiger partial charge is 0.450 e. The third kappa shape index (κ3) is 4.81. The van der Waals surface area contributed by atoms with E-state index in [1.165, 1.54) is 6.20 Å². The SMILES string of the molecule is CCOC(=O)NCc1cc(C(=O)Nc2ccccc2C)ccn1. The topological polar surface area (TPSA) is 80.3 Å². The van der Waals surface area contributed by atoms with Gasteiger partial charge in [0.2, 0.25) is 0 Å². The van der Waals surface area contributed by atoms with Crippen molar-refractivity contribution in [1.82, 2.24) is 10.3 Å². The maximum atomic E-state index is 12.3. The molecule has 0 radical (unpaired) electrons. The molecule has 0 bridgehead atoms. The summed E-state index contributed by atoms with van der Waals surface area (Å²) in [5, 5.41) is 5.43. The number of para-hydroxylation sites is 1. The summed E-state index contributed by atoms with van der Waals surface area (Å²) in [6.45, 7) is 4.16. The Morgan fingerprint density at radius 1 is 1.22 bits per heavy atom. The summed E-state index contributed by atoms with van der Waals surface area (Å²) in [5.74, 6) is -0.223. The van der Waals surface area contributed by atoms with Crippen molar-refractivity contribution < 1.29 is 14.3 Å². The summed E-state index contributed by atoms with van der Waals surface area (Å²) in [6.07, 6.45) is 1.03. The summed E-state index contributed by atoms with van der Waals surface area (Å²) in [7, 11) is 0. The number of carbonyl (C=O) groups excluding carboxylic acids is 2. The zero-order valence-electron chi connectivity index (χ0n) is 13.1. The van der Waals surface area contributed by atoms with E-state index in [0.29, 0.717) is 17.9 Å². The first-order valence-corrected chi connectivity index (χ1v) is 7.32. The van der Waals surface area contributed by atoms with Gasteiger partial charge in [-0.05, 0) is 37.6 Å². The van der Waals surface area contributed by atoms with Crippen LogP contribution in [-0.4, -0.2) is 23.6 Å². The third-order valence-corrected chi connectivity index (χ3v) is 3.16. The van der Waals surface area contributed by atoms with Crippen molar-refractivity contribution in [3.8, 4) is 0 Å². The number of aryl methyl sites for hydroxylation is 1. The van der Waals surface area contributed by atoms with Crippen LogP contribution in [0.1, 0.15) is 28.5 Å². The van der Waals surface area contributed by atoms with E-state index < -0.39 is 6.09 Å². The lowest BCUT2D eigenvalue weighted by Gasteiger charge is -2.09. The summed E-state index contributed by atoms with van der Waals surface area (Å²) >= 11 is 0. The highest BCUT2D eigenvalue weighted by molar-refractivity contribution is 6.04. The number of alkyl carbamates (subject to hydrolysis) is 1. The number of anilines is 1. The minimum atomic E-state index is -0.510. The smallest absolute Gasteiger partial charge is 0.407 e. The van der Waals surface area contributed by atoms with Crippen LogP contribution in [0.2, 0.25) is 0 Å². The average molecular weight is 313 g/mol. The van der Waals surface area contributed by atoms with Gasteiger partial charge in [0.25, 0.3) is 5.91 Å². The van der Waals surface area contributed by atoms with Crippen molar-refractivity contribution in [2.75, 3.05) is 11.9 Å².